The lowest BCUT2D eigenvalue weighted by Gasteiger charge is -2.23. The molecular formula is C29H33N3O4S. The topological polar surface area (TPSA) is 104 Å². The molecule has 0 aromatic heterocycles. The Labute approximate surface area is 218 Å². The van der Waals surface area contributed by atoms with Gasteiger partial charge in [0.2, 0.25) is 0 Å². The molecule has 0 atom stereocenters. The molecule has 0 radical (unpaired) electrons. The monoisotopic (exact) mass is 519 g/mol. The Bertz CT molecular complexity index is 1430. The van der Waals surface area contributed by atoms with Gasteiger partial charge in [-0.25, -0.2) is 8.42 Å². The van der Waals surface area contributed by atoms with Gasteiger partial charge in [0.15, 0.2) is 0 Å². The number of carbonyl (C=O) groups excluding carboxylic acids is 2. The van der Waals surface area contributed by atoms with Gasteiger partial charge in [-0.2, -0.15) is 0 Å². The Kier molecular flexibility index (Phi) is 7.97. The molecule has 2 amide bonds. The molecule has 1 aliphatic rings. The third-order valence-electron chi connectivity index (χ3n) is 6.73. The van der Waals surface area contributed by atoms with E-state index in [0.717, 1.165) is 36.8 Å². The molecule has 1 saturated carbocycles. The zero-order valence-electron chi connectivity index (χ0n) is 21.4. The third kappa shape index (κ3) is 6.38. The van der Waals surface area contributed by atoms with E-state index in [1.165, 1.54) is 12.5 Å². The second-order valence-corrected chi connectivity index (χ2v) is 11.4. The first-order valence-electron chi connectivity index (χ1n) is 12.6. The van der Waals surface area contributed by atoms with Crippen molar-refractivity contribution in [2.45, 2.75) is 63.8 Å². The number of para-hydroxylation sites is 1. The van der Waals surface area contributed by atoms with Crippen molar-refractivity contribution in [1.29, 1.82) is 0 Å². The highest BCUT2D eigenvalue weighted by atomic mass is 32.2. The molecule has 37 heavy (non-hydrogen) atoms. The molecule has 1 aliphatic carbocycles. The summed E-state index contributed by atoms with van der Waals surface area (Å²) in [7, 11) is -3.94. The van der Waals surface area contributed by atoms with Crippen LogP contribution in [0.1, 0.15) is 69.5 Å². The minimum Gasteiger partial charge on any atom is -0.349 e. The number of nitrogens with one attached hydrogen (secondary N) is 3. The van der Waals surface area contributed by atoms with Gasteiger partial charge in [-0.3, -0.25) is 14.3 Å². The molecule has 4 rings (SSSR count). The van der Waals surface area contributed by atoms with Gasteiger partial charge < -0.3 is 10.6 Å². The van der Waals surface area contributed by atoms with E-state index in [-0.39, 0.29) is 22.4 Å². The summed E-state index contributed by atoms with van der Waals surface area (Å²) in [6.45, 7) is 5.46. The quantitative estimate of drug-likeness (QED) is 0.371. The zero-order valence-corrected chi connectivity index (χ0v) is 22.2. The third-order valence-corrected chi connectivity index (χ3v) is 8.23. The van der Waals surface area contributed by atoms with E-state index in [2.05, 4.69) is 15.4 Å². The largest absolute Gasteiger partial charge is 0.349 e. The molecule has 8 heteroatoms. The summed E-state index contributed by atoms with van der Waals surface area (Å²) in [4.78, 5) is 26.1. The molecule has 0 bridgehead atoms. The molecule has 1 fully saturated rings. The standard InChI is InChI=1S/C29H33N3O4S/c1-19-13-16-25(21(3)17-19)32-37(35,36)27-18-22(15-14-20(27)2)28(33)31-26-12-8-7-11-24(26)29(34)30-23-9-5-4-6-10-23/h7-8,11-18,23,32H,4-6,9-10H2,1-3H3,(H,30,34)(H,31,33). The Hall–Kier alpha value is -3.65. The number of hydrogen-bond acceptors (Lipinski definition) is 4. The van der Waals surface area contributed by atoms with Crippen molar-refractivity contribution < 1.29 is 18.0 Å². The summed E-state index contributed by atoms with van der Waals surface area (Å²) in [5.41, 5.74) is 3.76. The van der Waals surface area contributed by atoms with Crippen LogP contribution >= 0.6 is 0 Å². The predicted molar refractivity (Wildman–Crippen MR) is 147 cm³/mol. The molecule has 0 aliphatic heterocycles. The van der Waals surface area contributed by atoms with Gasteiger partial charge in [0.25, 0.3) is 21.8 Å². The fourth-order valence-corrected chi connectivity index (χ4v) is 6.06. The first-order valence-corrected chi connectivity index (χ1v) is 14.0. The van der Waals surface area contributed by atoms with Crippen LogP contribution in [0, 0.1) is 20.8 Å². The summed E-state index contributed by atoms with van der Waals surface area (Å²) >= 11 is 0. The van der Waals surface area contributed by atoms with Crippen molar-refractivity contribution in [2.24, 2.45) is 0 Å². The number of sulfonamides is 1. The smallest absolute Gasteiger partial charge is 0.262 e. The average molecular weight is 520 g/mol. The van der Waals surface area contributed by atoms with Crippen molar-refractivity contribution in [1.82, 2.24) is 5.32 Å². The van der Waals surface area contributed by atoms with E-state index >= 15 is 0 Å². The van der Waals surface area contributed by atoms with E-state index in [4.69, 9.17) is 0 Å². The SMILES string of the molecule is Cc1ccc(NS(=O)(=O)c2cc(C(=O)Nc3ccccc3C(=O)NC3CCCCC3)ccc2C)c(C)c1. The van der Waals surface area contributed by atoms with Gasteiger partial charge in [0, 0.05) is 11.6 Å². The summed E-state index contributed by atoms with van der Waals surface area (Å²) in [6, 6.07) is 17.0. The summed E-state index contributed by atoms with van der Waals surface area (Å²) in [6.07, 6.45) is 5.29. The van der Waals surface area contributed by atoms with E-state index in [0.29, 0.717) is 22.5 Å². The zero-order chi connectivity index (χ0) is 26.6. The molecular weight excluding hydrogens is 486 g/mol. The Balaban J connectivity index is 1.55. The number of rotatable bonds is 7. The van der Waals surface area contributed by atoms with Crippen LogP contribution in [-0.4, -0.2) is 26.3 Å². The molecule has 0 unspecified atom stereocenters. The van der Waals surface area contributed by atoms with Crippen LogP contribution in [0.5, 0.6) is 0 Å². The highest BCUT2D eigenvalue weighted by molar-refractivity contribution is 7.92. The lowest BCUT2D eigenvalue weighted by molar-refractivity contribution is 0.0928. The molecule has 0 spiro atoms. The number of aryl methyl sites for hydroxylation is 3. The van der Waals surface area contributed by atoms with Gasteiger partial charge >= 0.3 is 0 Å². The van der Waals surface area contributed by atoms with Crippen LogP contribution in [0.15, 0.2) is 65.6 Å². The average Bonchev–Trinajstić information content (AvgIpc) is 2.86. The summed E-state index contributed by atoms with van der Waals surface area (Å²) < 4.78 is 29.1. The highest BCUT2D eigenvalue weighted by Crippen LogP contribution is 2.25. The number of anilines is 2. The summed E-state index contributed by atoms with van der Waals surface area (Å²) in [5.74, 6) is -0.728. The lowest BCUT2D eigenvalue weighted by atomic mass is 9.95. The van der Waals surface area contributed by atoms with Gasteiger partial charge in [-0.1, -0.05) is 55.2 Å². The van der Waals surface area contributed by atoms with Crippen molar-refractivity contribution in [3.63, 3.8) is 0 Å². The van der Waals surface area contributed by atoms with Crippen molar-refractivity contribution in [3.05, 3.63) is 88.5 Å². The second kappa shape index (κ2) is 11.2. The van der Waals surface area contributed by atoms with Gasteiger partial charge in [0.1, 0.15) is 0 Å². The first kappa shape index (κ1) is 26.4. The molecule has 3 aromatic carbocycles. The fourth-order valence-electron chi connectivity index (χ4n) is 4.65. The maximum absolute atomic E-state index is 13.2. The predicted octanol–water partition coefficient (Wildman–Crippen LogP) is 5.73. The molecule has 7 nitrogen and oxygen atoms in total. The molecule has 3 N–H and O–H groups in total. The Morgan fingerprint density at radius 2 is 1.51 bits per heavy atom. The van der Waals surface area contributed by atoms with Crippen LogP contribution in [0.3, 0.4) is 0 Å². The molecule has 194 valence electrons. The van der Waals surface area contributed by atoms with Crippen LogP contribution < -0.4 is 15.4 Å². The Morgan fingerprint density at radius 3 is 2.24 bits per heavy atom. The van der Waals surface area contributed by atoms with Crippen LogP contribution in [0.2, 0.25) is 0 Å². The van der Waals surface area contributed by atoms with Crippen molar-refractivity contribution in [2.75, 3.05) is 10.0 Å². The minimum absolute atomic E-state index is 0.0171. The van der Waals surface area contributed by atoms with Crippen LogP contribution in [-0.2, 0) is 10.0 Å². The number of hydrogen-bond donors (Lipinski definition) is 3. The molecule has 0 heterocycles. The van der Waals surface area contributed by atoms with E-state index in [9.17, 15) is 18.0 Å². The normalized spacial score (nSPS) is 14.1. The fraction of sp³-hybridized carbons (Fsp3) is 0.310. The van der Waals surface area contributed by atoms with Gasteiger partial charge in [0.05, 0.1) is 21.8 Å². The highest BCUT2D eigenvalue weighted by Gasteiger charge is 2.22. The number of carbonyl (C=O) groups is 2. The number of benzene rings is 3. The Morgan fingerprint density at radius 1 is 0.784 bits per heavy atom. The minimum atomic E-state index is -3.94. The van der Waals surface area contributed by atoms with Crippen LogP contribution in [0.4, 0.5) is 11.4 Å². The van der Waals surface area contributed by atoms with Crippen molar-refractivity contribution >= 4 is 33.2 Å². The lowest BCUT2D eigenvalue weighted by Crippen LogP contribution is -2.36. The maximum Gasteiger partial charge on any atom is 0.262 e. The maximum atomic E-state index is 13.2. The van der Waals surface area contributed by atoms with Gasteiger partial charge in [-0.05, 0) is 75.1 Å². The van der Waals surface area contributed by atoms with Crippen LogP contribution in [0.25, 0.3) is 0 Å². The molecule has 0 saturated heterocycles. The number of amides is 2. The van der Waals surface area contributed by atoms with E-state index in [1.54, 1.807) is 49.4 Å². The summed E-state index contributed by atoms with van der Waals surface area (Å²) in [5, 5.41) is 5.87. The van der Waals surface area contributed by atoms with E-state index < -0.39 is 15.9 Å². The first-order chi connectivity index (χ1) is 17.6. The van der Waals surface area contributed by atoms with E-state index in [1.807, 2.05) is 26.0 Å². The van der Waals surface area contributed by atoms with Crippen molar-refractivity contribution in [3.8, 4) is 0 Å². The second-order valence-electron chi connectivity index (χ2n) is 9.71. The van der Waals surface area contributed by atoms with Gasteiger partial charge in [-0.15, -0.1) is 0 Å². The molecule has 3 aromatic rings.